The topological polar surface area (TPSA) is 63.0 Å². The molecule has 1 atom stereocenters. The number of aryl methyl sites for hydroxylation is 1. The van der Waals surface area contributed by atoms with E-state index in [0.717, 1.165) is 16.5 Å². The third kappa shape index (κ3) is 1.94. The fraction of sp³-hybridized carbons (Fsp3) is 0.375. The minimum Gasteiger partial charge on any atom is -0.451 e. The number of para-hydroxylation sites is 1. The lowest BCUT2D eigenvalue weighted by Crippen LogP contribution is -2.53. The zero-order valence-electron chi connectivity index (χ0n) is 12.2. The second-order valence-electron chi connectivity index (χ2n) is 5.78. The highest BCUT2D eigenvalue weighted by Gasteiger charge is 2.39. The van der Waals surface area contributed by atoms with E-state index in [9.17, 15) is 9.59 Å². The Labute approximate surface area is 127 Å². The fourth-order valence-corrected chi connectivity index (χ4v) is 3.14. The van der Waals surface area contributed by atoms with Crippen molar-refractivity contribution in [1.29, 1.82) is 0 Å². The molecule has 0 N–H and O–H groups in total. The summed E-state index contributed by atoms with van der Waals surface area (Å²) in [5, 5.41) is 0.932. The molecule has 0 spiro atoms. The van der Waals surface area contributed by atoms with E-state index in [-0.39, 0.29) is 18.0 Å². The smallest absolute Gasteiger partial charge is 0.410 e. The van der Waals surface area contributed by atoms with Gasteiger partial charge in [0, 0.05) is 25.0 Å². The monoisotopic (exact) mass is 300 g/mol. The summed E-state index contributed by atoms with van der Waals surface area (Å²) in [5.74, 6) is 0.220. The minimum atomic E-state index is -0.281. The molecule has 2 fully saturated rings. The summed E-state index contributed by atoms with van der Waals surface area (Å²) in [5.41, 5.74) is 1.76. The van der Waals surface area contributed by atoms with Gasteiger partial charge in [0.25, 0.3) is 5.91 Å². The average Bonchev–Trinajstić information content (AvgIpc) is 3.11. The standard InChI is InChI=1S/C16H16N2O4/c1-10-3-2-4-11-7-13(22-14(10)11)15(19)17-5-6-18-12(8-17)9-21-16(18)20/h2-4,7,12H,5-6,8-9H2,1H3/t12-/m0/s1. The van der Waals surface area contributed by atoms with Crippen molar-refractivity contribution in [1.82, 2.24) is 9.80 Å². The molecule has 0 bridgehead atoms. The van der Waals surface area contributed by atoms with Gasteiger partial charge in [-0.05, 0) is 18.6 Å². The molecule has 1 aromatic carbocycles. The number of nitrogens with zero attached hydrogens (tertiary/aromatic N) is 2. The molecular formula is C16H16N2O4. The summed E-state index contributed by atoms with van der Waals surface area (Å²) in [4.78, 5) is 27.5. The van der Waals surface area contributed by atoms with E-state index in [1.165, 1.54) is 0 Å². The Morgan fingerprint density at radius 2 is 2.18 bits per heavy atom. The number of piperazine rings is 1. The maximum Gasteiger partial charge on any atom is 0.410 e. The van der Waals surface area contributed by atoms with Crippen LogP contribution in [0.5, 0.6) is 0 Å². The van der Waals surface area contributed by atoms with E-state index < -0.39 is 0 Å². The van der Waals surface area contributed by atoms with Crippen LogP contribution in [0.4, 0.5) is 4.79 Å². The van der Waals surface area contributed by atoms with Gasteiger partial charge in [0.2, 0.25) is 0 Å². The summed E-state index contributed by atoms with van der Waals surface area (Å²) in [7, 11) is 0. The Hall–Kier alpha value is -2.50. The molecule has 22 heavy (non-hydrogen) atoms. The molecule has 0 unspecified atom stereocenters. The summed E-state index contributed by atoms with van der Waals surface area (Å²) < 4.78 is 10.8. The number of cyclic esters (lactones) is 1. The number of hydrogen-bond acceptors (Lipinski definition) is 4. The highest BCUT2D eigenvalue weighted by Crippen LogP contribution is 2.25. The summed E-state index contributed by atoms with van der Waals surface area (Å²) in [6.07, 6.45) is -0.281. The van der Waals surface area contributed by atoms with Crippen LogP contribution in [0.1, 0.15) is 16.1 Å². The van der Waals surface area contributed by atoms with Gasteiger partial charge in [-0.25, -0.2) is 4.79 Å². The van der Waals surface area contributed by atoms with Crippen molar-refractivity contribution in [2.75, 3.05) is 26.2 Å². The Bertz CT molecular complexity index is 767. The molecule has 114 valence electrons. The molecule has 2 aliphatic heterocycles. The van der Waals surface area contributed by atoms with E-state index in [2.05, 4.69) is 0 Å². The normalized spacial score (nSPS) is 21.1. The summed E-state index contributed by atoms with van der Waals surface area (Å²) in [6, 6.07) is 7.58. The van der Waals surface area contributed by atoms with Crippen molar-refractivity contribution < 1.29 is 18.7 Å². The molecule has 2 saturated heterocycles. The first-order chi connectivity index (χ1) is 10.6. The zero-order valence-corrected chi connectivity index (χ0v) is 12.2. The summed E-state index contributed by atoms with van der Waals surface area (Å²) >= 11 is 0. The second kappa shape index (κ2) is 4.76. The second-order valence-corrected chi connectivity index (χ2v) is 5.78. The van der Waals surface area contributed by atoms with E-state index in [0.29, 0.717) is 32.0 Å². The van der Waals surface area contributed by atoms with Crippen molar-refractivity contribution in [2.24, 2.45) is 0 Å². The number of amides is 2. The van der Waals surface area contributed by atoms with Crippen LogP contribution in [0.2, 0.25) is 0 Å². The number of ether oxygens (including phenoxy) is 1. The van der Waals surface area contributed by atoms with Crippen LogP contribution in [0.25, 0.3) is 11.0 Å². The van der Waals surface area contributed by atoms with Crippen molar-refractivity contribution in [3.63, 3.8) is 0 Å². The van der Waals surface area contributed by atoms with Crippen LogP contribution in [0.15, 0.2) is 28.7 Å². The number of carbonyl (C=O) groups excluding carboxylic acids is 2. The maximum absolute atomic E-state index is 12.6. The minimum absolute atomic E-state index is 0.0451. The van der Waals surface area contributed by atoms with Crippen molar-refractivity contribution in [3.8, 4) is 0 Å². The van der Waals surface area contributed by atoms with Crippen molar-refractivity contribution in [3.05, 3.63) is 35.6 Å². The Kier molecular flexibility index (Phi) is 2.85. The molecule has 4 rings (SSSR count). The van der Waals surface area contributed by atoms with Gasteiger partial charge in [-0.15, -0.1) is 0 Å². The zero-order chi connectivity index (χ0) is 15.3. The predicted molar refractivity (Wildman–Crippen MR) is 78.7 cm³/mol. The number of benzene rings is 1. The first-order valence-electron chi connectivity index (χ1n) is 7.35. The Morgan fingerprint density at radius 3 is 3.00 bits per heavy atom. The van der Waals surface area contributed by atoms with Crippen LogP contribution >= 0.6 is 0 Å². The Morgan fingerprint density at radius 1 is 1.32 bits per heavy atom. The van der Waals surface area contributed by atoms with E-state index in [1.54, 1.807) is 15.9 Å². The lowest BCUT2D eigenvalue weighted by Gasteiger charge is -2.34. The van der Waals surface area contributed by atoms with Crippen LogP contribution < -0.4 is 0 Å². The molecule has 0 aliphatic carbocycles. The highest BCUT2D eigenvalue weighted by molar-refractivity contribution is 5.96. The average molecular weight is 300 g/mol. The molecule has 0 saturated carbocycles. The van der Waals surface area contributed by atoms with Gasteiger partial charge in [0.05, 0.1) is 6.04 Å². The third-order valence-electron chi connectivity index (χ3n) is 4.36. The largest absolute Gasteiger partial charge is 0.451 e. The molecule has 6 heteroatoms. The van der Waals surface area contributed by atoms with Gasteiger partial charge in [0.15, 0.2) is 5.76 Å². The van der Waals surface area contributed by atoms with Crippen molar-refractivity contribution >= 4 is 23.0 Å². The van der Waals surface area contributed by atoms with Gasteiger partial charge >= 0.3 is 6.09 Å². The van der Waals surface area contributed by atoms with Gasteiger partial charge in [-0.3, -0.25) is 9.69 Å². The molecule has 2 aliphatic rings. The van der Waals surface area contributed by atoms with Crippen molar-refractivity contribution in [2.45, 2.75) is 13.0 Å². The molecule has 1 aromatic heterocycles. The van der Waals surface area contributed by atoms with Crippen LogP contribution in [0.3, 0.4) is 0 Å². The Balaban J connectivity index is 1.58. The van der Waals surface area contributed by atoms with Crippen LogP contribution in [-0.2, 0) is 4.74 Å². The van der Waals surface area contributed by atoms with E-state index in [1.807, 2.05) is 25.1 Å². The SMILES string of the molecule is Cc1cccc2cc(C(=O)N3CCN4C(=O)OC[C@@H]4C3)oc12. The summed E-state index contributed by atoms with van der Waals surface area (Å²) in [6.45, 7) is 3.80. The van der Waals surface area contributed by atoms with Gasteiger partial charge in [-0.1, -0.05) is 18.2 Å². The van der Waals surface area contributed by atoms with Gasteiger partial charge in [0.1, 0.15) is 12.2 Å². The fourth-order valence-electron chi connectivity index (χ4n) is 3.14. The predicted octanol–water partition coefficient (Wildman–Crippen LogP) is 2.02. The number of rotatable bonds is 1. The first-order valence-corrected chi connectivity index (χ1v) is 7.35. The third-order valence-corrected chi connectivity index (χ3v) is 4.36. The highest BCUT2D eigenvalue weighted by atomic mass is 16.6. The number of fused-ring (bicyclic) bond motifs is 2. The molecule has 0 radical (unpaired) electrons. The molecule has 3 heterocycles. The lowest BCUT2D eigenvalue weighted by molar-refractivity contribution is 0.0589. The van der Waals surface area contributed by atoms with Crippen LogP contribution in [-0.4, -0.2) is 54.1 Å². The number of furan rings is 1. The molecule has 2 aromatic rings. The molecule has 6 nitrogen and oxygen atoms in total. The number of carbonyl (C=O) groups is 2. The lowest BCUT2D eigenvalue weighted by atomic mass is 10.1. The van der Waals surface area contributed by atoms with E-state index in [4.69, 9.17) is 9.15 Å². The maximum atomic E-state index is 12.6. The molecular weight excluding hydrogens is 284 g/mol. The van der Waals surface area contributed by atoms with Gasteiger partial charge in [-0.2, -0.15) is 0 Å². The first kappa shape index (κ1) is 13.2. The quantitative estimate of drug-likeness (QED) is 0.808. The number of hydrogen-bond donors (Lipinski definition) is 0. The van der Waals surface area contributed by atoms with Gasteiger partial charge < -0.3 is 14.1 Å². The van der Waals surface area contributed by atoms with Crippen LogP contribution in [0, 0.1) is 6.92 Å². The molecule has 2 amide bonds. The van der Waals surface area contributed by atoms with E-state index >= 15 is 0 Å².